The zero-order valence-corrected chi connectivity index (χ0v) is 15.6. The summed E-state index contributed by atoms with van der Waals surface area (Å²) in [6.07, 6.45) is 5.07. The Morgan fingerprint density at radius 1 is 1.37 bits per heavy atom. The van der Waals surface area contributed by atoms with Gasteiger partial charge in [-0.05, 0) is 19.4 Å². The molecule has 3 heterocycles. The van der Waals surface area contributed by atoms with Gasteiger partial charge in [0, 0.05) is 49.5 Å². The van der Waals surface area contributed by atoms with Gasteiger partial charge >= 0.3 is 6.03 Å². The SMILES string of the molecule is Cc1c(CNC(=O)NC2CCOC(c3nccn3C)C2)oc2ccccc12. The first kappa shape index (κ1) is 17.6. The molecule has 2 atom stereocenters. The van der Waals surface area contributed by atoms with Crippen molar-refractivity contribution in [3.8, 4) is 0 Å². The van der Waals surface area contributed by atoms with Crippen molar-refractivity contribution in [1.82, 2.24) is 20.2 Å². The largest absolute Gasteiger partial charge is 0.459 e. The summed E-state index contributed by atoms with van der Waals surface area (Å²) < 4.78 is 13.6. The Balaban J connectivity index is 1.33. The normalized spacial score (nSPS) is 19.9. The minimum atomic E-state index is -0.194. The van der Waals surface area contributed by atoms with E-state index in [0.717, 1.165) is 34.5 Å². The van der Waals surface area contributed by atoms with Crippen LogP contribution >= 0.6 is 0 Å². The molecule has 1 aliphatic rings. The molecule has 0 bridgehead atoms. The van der Waals surface area contributed by atoms with Gasteiger partial charge in [-0.15, -0.1) is 0 Å². The number of imidazole rings is 1. The van der Waals surface area contributed by atoms with Gasteiger partial charge in [-0.3, -0.25) is 0 Å². The monoisotopic (exact) mass is 368 g/mol. The maximum absolute atomic E-state index is 12.3. The van der Waals surface area contributed by atoms with E-state index >= 15 is 0 Å². The molecule has 1 saturated heterocycles. The van der Waals surface area contributed by atoms with E-state index in [9.17, 15) is 4.79 Å². The van der Waals surface area contributed by atoms with Crippen LogP contribution in [0, 0.1) is 6.92 Å². The van der Waals surface area contributed by atoms with Crippen molar-refractivity contribution < 1.29 is 13.9 Å². The van der Waals surface area contributed by atoms with Crippen molar-refractivity contribution in [2.75, 3.05) is 6.61 Å². The van der Waals surface area contributed by atoms with Crippen LogP contribution in [0.1, 0.15) is 36.1 Å². The average Bonchev–Trinajstić information content (AvgIpc) is 3.24. The molecular weight excluding hydrogens is 344 g/mol. The highest BCUT2D eigenvalue weighted by molar-refractivity contribution is 5.82. The molecule has 142 valence electrons. The summed E-state index contributed by atoms with van der Waals surface area (Å²) in [7, 11) is 1.95. The van der Waals surface area contributed by atoms with Crippen LogP contribution < -0.4 is 10.6 Å². The molecule has 0 saturated carbocycles. The van der Waals surface area contributed by atoms with Crippen LogP contribution in [0.4, 0.5) is 4.79 Å². The molecule has 0 aliphatic carbocycles. The van der Waals surface area contributed by atoms with E-state index in [1.165, 1.54) is 0 Å². The minimum absolute atomic E-state index is 0.0530. The molecule has 2 aromatic heterocycles. The van der Waals surface area contributed by atoms with Crippen LogP contribution in [0.2, 0.25) is 0 Å². The number of para-hydroxylation sites is 1. The number of rotatable bonds is 4. The van der Waals surface area contributed by atoms with E-state index < -0.39 is 0 Å². The summed E-state index contributed by atoms with van der Waals surface area (Å²) in [6.45, 7) is 2.97. The van der Waals surface area contributed by atoms with Crippen molar-refractivity contribution in [2.45, 2.75) is 38.5 Å². The Morgan fingerprint density at radius 2 is 2.22 bits per heavy atom. The fraction of sp³-hybridized carbons (Fsp3) is 0.400. The third kappa shape index (κ3) is 3.68. The number of nitrogens with one attached hydrogen (secondary N) is 2. The lowest BCUT2D eigenvalue weighted by molar-refractivity contribution is -0.00437. The average molecular weight is 368 g/mol. The minimum Gasteiger partial charge on any atom is -0.459 e. The molecule has 1 aromatic carbocycles. The van der Waals surface area contributed by atoms with Crippen LogP contribution in [0.15, 0.2) is 41.1 Å². The highest BCUT2D eigenvalue weighted by Crippen LogP contribution is 2.27. The molecule has 2 N–H and O–H groups in total. The van der Waals surface area contributed by atoms with Crippen LogP contribution in [-0.2, 0) is 18.3 Å². The van der Waals surface area contributed by atoms with Gasteiger partial charge in [0.1, 0.15) is 23.3 Å². The fourth-order valence-electron chi connectivity index (χ4n) is 3.59. The van der Waals surface area contributed by atoms with Gasteiger partial charge in [-0.25, -0.2) is 9.78 Å². The van der Waals surface area contributed by atoms with Crippen LogP contribution in [0.3, 0.4) is 0 Å². The number of nitrogens with zero attached hydrogens (tertiary/aromatic N) is 2. The predicted molar refractivity (Wildman–Crippen MR) is 101 cm³/mol. The first-order valence-corrected chi connectivity index (χ1v) is 9.22. The van der Waals surface area contributed by atoms with E-state index in [2.05, 4.69) is 15.6 Å². The Labute approximate surface area is 157 Å². The molecule has 0 radical (unpaired) electrons. The summed E-state index contributed by atoms with van der Waals surface area (Å²) in [4.78, 5) is 16.7. The molecule has 27 heavy (non-hydrogen) atoms. The summed E-state index contributed by atoms with van der Waals surface area (Å²) in [6, 6.07) is 7.75. The standard InChI is InChI=1S/C20H24N4O3/c1-13-15-5-3-4-6-16(15)27-18(13)12-22-20(25)23-14-7-10-26-17(11-14)19-21-8-9-24(19)2/h3-6,8-9,14,17H,7,10-12H2,1-2H3,(H2,22,23,25). The van der Waals surface area contributed by atoms with Gasteiger partial charge in [0.15, 0.2) is 0 Å². The van der Waals surface area contributed by atoms with Crippen LogP contribution in [0.25, 0.3) is 11.0 Å². The quantitative estimate of drug-likeness (QED) is 0.741. The first-order chi connectivity index (χ1) is 13.1. The van der Waals surface area contributed by atoms with Gasteiger partial charge in [0.2, 0.25) is 0 Å². The number of aryl methyl sites for hydroxylation is 2. The van der Waals surface area contributed by atoms with Crippen molar-refractivity contribution >= 4 is 17.0 Å². The number of urea groups is 1. The van der Waals surface area contributed by atoms with Crippen molar-refractivity contribution in [1.29, 1.82) is 0 Å². The second-order valence-corrected chi connectivity index (χ2v) is 6.95. The van der Waals surface area contributed by atoms with E-state index in [-0.39, 0.29) is 18.2 Å². The Morgan fingerprint density at radius 3 is 3.00 bits per heavy atom. The molecule has 0 spiro atoms. The molecule has 1 aliphatic heterocycles. The van der Waals surface area contributed by atoms with E-state index in [1.807, 2.05) is 49.0 Å². The third-order valence-corrected chi connectivity index (χ3v) is 5.12. The number of hydrogen-bond acceptors (Lipinski definition) is 4. The van der Waals surface area contributed by atoms with Crippen molar-refractivity contribution in [3.05, 3.63) is 53.8 Å². The van der Waals surface area contributed by atoms with Crippen LogP contribution in [-0.4, -0.2) is 28.2 Å². The highest BCUT2D eigenvalue weighted by Gasteiger charge is 2.27. The first-order valence-electron chi connectivity index (χ1n) is 9.22. The van der Waals surface area contributed by atoms with Crippen molar-refractivity contribution in [3.63, 3.8) is 0 Å². The molecule has 3 aromatic rings. The molecule has 2 amide bonds. The van der Waals surface area contributed by atoms with E-state index in [1.54, 1.807) is 6.20 Å². The summed E-state index contributed by atoms with van der Waals surface area (Å²) >= 11 is 0. The number of carbonyl (C=O) groups excluding carboxylic acids is 1. The lowest BCUT2D eigenvalue weighted by Gasteiger charge is -2.29. The predicted octanol–water partition coefficient (Wildman–Crippen LogP) is 3.19. The van der Waals surface area contributed by atoms with Gasteiger partial charge in [0.05, 0.1) is 6.54 Å². The Bertz CT molecular complexity index is 946. The third-order valence-electron chi connectivity index (χ3n) is 5.12. The molecule has 7 nitrogen and oxygen atoms in total. The summed E-state index contributed by atoms with van der Waals surface area (Å²) in [5.74, 6) is 1.67. The lowest BCUT2D eigenvalue weighted by atomic mass is 10.0. The topological polar surface area (TPSA) is 81.3 Å². The molecule has 2 unspecified atom stereocenters. The summed E-state index contributed by atoms with van der Waals surface area (Å²) in [5.41, 5.74) is 1.90. The van der Waals surface area contributed by atoms with E-state index in [4.69, 9.17) is 9.15 Å². The van der Waals surface area contributed by atoms with E-state index in [0.29, 0.717) is 19.6 Å². The van der Waals surface area contributed by atoms with Gasteiger partial charge in [0.25, 0.3) is 0 Å². The highest BCUT2D eigenvalue weighted by atomic mass is 16.5. The molecular formula is C20H24N4O3. The van der Waals surface area contributed by atoms with Gasteiger partial charge in [-0.2, -0.15) is 0 Å². The molecule has 1 fully saturated rings. The number of carbonyl (C=O) groups is 1. The second-order valence-electron chi connectivity index (χ2n) is 6.95. The zero-order valence-electron chi connectivity index (χ0n) is 15.6. The Hall–Kier alpha value is -2.80. The lowest BCUT2D eigenvalue weighted by Crippen LogP contribution is -2.45. The fourth-order valence-corrected chi connectivity index (χ4v) is 3.59. The maximum Gasteiger partial charge on any atom is 0.315 e. The maximum atomic E-state index is 12.3. The van der Waals surface area contributed by atoms with Gasteiger partial charge < -0.3 is 24.4 Å². The number of ether oxygens (including phenoxy) is 1. The number of amides is 2. The number of fused-ring (bicyclic) bond motifs is 1. The second kappa shape index (κ2) is 7.44. The Kier molecular flexibility index (Phi) is 4.85. The van der Waals surface area contributed by atoms with Gasteiger partial charge in [-0.1, -0.05) is 18.2 Å². The number of furan rings is 1. The van der Waals surface area contributed by atoms with Crippen LogP contribution in [0.5, 0.6) is 0 Å². The smallest absolute Gasteiger partial charge is 0.315 e. The zero-order chi connectivity index (χ0) is 18.8. The molecule has 4 rings (SSSR count). The summed E-state index contributed by atoms with van der Waals surface area (Å²) in [5, 5.41) is 7.03. The molecule has 7 heteroatoms. The van der Waals surface area contributed by atoms with Crippen molar-refractivity contribution in [2.24, 2.45) is 7.05 Å². The number of benzene rings is 1. The number of aromatic nitrogens is 2. The number of hydrogen-bond donors (Lipinski definition) is 2.